The number of H-pyrrole nitrogens is 1. The topological polar surface area (TPSA) is 48.9 Å². The van der Waals surface area contributed by atoms with Crippen LogP contribution < -0.4 is 0 Å². The molecule has 0 aliphatic rings. The first-order chi connectivity index (χ1) is 8.75. The Hall–Kier alpha value is -2.13. The van der Waals surface area contributed by atoms with E-state index in [9.17, 15) is 5.11 Å². The summed E-state index contributed by atoms with van der Waals surface area (Å²) in [4.78, 5) is 7.63. The number of fused-ring (bicyclic) bond motifs is 1. The fourth-order valence-corrected chi connectivity index (χ4v) is 2.21. The number of hydrogen-bond acceptors (Lipinski definition) is 2. The molecule has 18 heavy (non-hydrogen) atoms. The van der Waals surface area contributed by atoms with Crippen LogP contribution in [0, 0.1) is 6.92 Å². The number of benzene rings is 2. The van der Waals surface area contributed by atoms with Crippen LogP contribution in [0.25, 0.3) is 11.0 Å². The van der Waals surface area contributed by atoms with E-state index in [-0.39, 0.29) is 0 Å². The Morgan fingerprint density at radius 1 is 1.06 bits per heavy atom. The molecule has 90 valence electrons. The molecule has 3 heteroatoms. The van der Waals surface area contributed by atoms with Gasteiger partial charge in [-0.05, 0) is 18.6 Å². The monoisotopic (exact) mass is 238 g/mol. The number of nitrogens with one attached hydrogen (secondary N) is 1. The fourth-order valence-electron chi connectivity index (χ4n) is 2.21. The van der Waals surface area contributed by atoms with E-state index >= 15 is 0 Å². The molecule has 1 unspecified atom stereocenters. The Balaban J connectivity index is 2.14. The number of aromatic nitrogens is 2. The first-order valence-corrected chi connectivity index (χ1v) is 5.94. The van der Waals surface area contributed by atoms with Gasteiger partial charge in [-0.3, -0.25) is 0 Å². The Kier molecular flexibility index (Phi) is 2.61. The van der Waals surface area contributed by atoms with E-state index in [4.69, 9.17) is 0 Å². The molecular weight excluding hydrogens is 224 g/mol. The summed E-state index contributed by atoms with van der Waals surface area (Å²) in [6.45, 7) is 1.92. The van der Waals surface area contributed by atoms with Gasteiger partial charge in [0.05, 0.1) is 11.0 Å². The molecule has 0 aliphatic heterocycles. The number of aliphatic hydroxyl groups is 1. The SMILES string of the molecule is Cc1nc2c(C(O)c3ccccc3)cccc2[nH]1. The van der Waals surface area contributed by atoms with Crippen molar-refractivity contribution in [1.82, 2.24) is 9.97 Å². The second-order valence-electron chi connectivity index (χ2n) is 4.38. The van der Waals surface area contributed by atoms with Gasteiger partial charge in [0.25, 0.3) is 0 Å². The third-order valence-electron chi connectivity index (χ3n) is 3.07. The minimum absolute atomic E-state index is 0.641. The third kappa shape index (κ3) is 1.79. The predicted octanol–water partition coefficient (Wildman–Crippen LogP) is 2.95. The van der Waals surface area contributed by atoms with E-state index < -0.39 is 6.10 Å². The average molecular weight is 238 g/mol. The van der Waals surface area contributed by atoms with E-state index in [2.05, 4.69) is 9.97 Å². The molecule has 2 N–H and O–H groups in total. The van der Waals surface area contributed by atoms with Gasteiger partial charge in [-0.15, -0.1) is 0 Å². The van der Waals surface area contributed by atoms with Crippen molar-refractivity contribution in [2.45, 2.75) is 13.0 Å². The minimum Gasteiger partial charge on any atom is -0.384 e. The number of hydrogen-bond donors (Lipinski definition) is 2. The number of imidazole rings is 1. The van der Waals surface area contributed by atoms with E-state index in [1.54, 1.807) is 0 Å². The minimum atomic E-state index is -0.641. The van der Waals surface area contributed by atoms with Crippen molar-refractivity contribution in [3.05, 3.63) is 65.5 Å². The molecule has 0 amide bonds. The molecule has 1 atom stereocenters. The zero-order chi connectivity index (χ0) is 12.5. The van der Waals surface area contributed by atoms with Crippen molar-refractivity contribution in [1.29, 1.82) is 0 Å². The second kappa shape index (κ2) is 4.27. The fraction of sp³-hybridized carbons (Fsp3) is 0.133. The van der Waals surface area contributed by atoms with Gasteiger partial charge >= 0.3 is 0 Å². The zero-order valence-electron chi connectivity index (χ0n) is 10.1. The number of para-hydroxylation sites is 1. The quantitative estimate of drug-likeness (QED) is 0.721. The first-order valence-electron chi connectivity index (χ1n) is 5.94. The highest BCUT2D eigenvalue weighted by Gasteiger charge is 2.15. The lowest BCUT2D eigenvalue weighted by Crippen LogP contribution is -2.00. The van der Waals surface area contributed by atoms with E-state index in [1.165, 1.54) is 0 Å². The number of nitrogens with zero attached hydrogens (tertiary/aromatic N) is 1. The van der Waals surface area contributed by atoms with Gasteiger partial charge in [0, 0.05) is 5.56 Å². The molecule has 1 heterocycles. The molecule has 2 aromatic carbocycles. The third-order valence-corrected chi connectivity index (χ3v) is 3.07. The van der Waals surface area contributed by atoms with Crippen LogP contribution in [0.3, 0.4) is 0 Å². The van der Waals surface area contributed by atoms with Crippen molar-refractivity contribution in [3.8, 4) is 0 Å². The van der Waals surface area contributed by atoms with Crippen LogP contribution in [0.15, 0.2) is 48.5 Å². The van der Waals surface area contributed by atoms with Crippen LogP contribution in [-0.2, 0) is 0 Å². The van der Waals surface area contributed by atoms with Crippen molar-refractivity contribution >= 4 is 11.0 Å². The van der Waals surface area contributed by atoms with Crippen LogP contribution >= 0.6 is 0 Å². The summed E-state index contributed by atoms with van der Waals surface area (Å²) in [6, 6.07) is 15.4. The first kappa shape index (κ1) is 11.0. The Morgan fingerprint density at radius 3 is 2.61 bits per heavy atom. The number of aryl methyl sites for hydroxylation is 1. The number of aliphatic hydroxyl groups excluding tert-OH is 1. The standard InChI is InChI=1S/C15H14N2O/c1-10-16-13-9-5-8-12(14(13)17-10)15(18)11-6-3-2-4-7-11/h2-9,15,18H,1H3,(H,16,17). The highest BCUT2D eigenvalue weighted by atomic mass is 16.3. The number of rotatable bonds is 2. The zero-order valence-corrected chi connectivity index (χ0v) is 10.1. The molecule has 3 aromatic rings. The molecule has 0 bridgehead atoms. The molecule has 0 saturated heterocycles. The van der Waals surface area contributed by atoms with Gasteiger partial charge in [0.1, 0.15) is 11.9 Å². The van der Waals surface area contributed by atoms with Crippen LogP contribution in [0.1, 0.15) is 23.1 Å². The van der Waals surface area contributed by atoms with Crippen molar-refractivity contribution in [2.24, 2.45) is 0 Å². The Morgan fingerprint density at radius 2 is 1.83 bits per heavy atom. The molecule has 0 fully saturated rings. The summed E-state index contributed by atoms with van der Waals surface area (Å²) < 4.78 is 0. The molecule has 0 spiro atoms. The Bertz CT molecular complexity index is 673. The van der Waals surface area contributed by atoms with Crippen LogP contribution in [-0.4, -0.2) is 15.1 Å². The molecular formula is C15H14N2O. The lowest BCUT2D eigenvalue weighted by Gasteiger charge is -2.11. The highest BCUT2D eigenvalue weighted by Crippen LogP contribution is 2.27. The van der Waals surface area contributed by atoms with E-state index in [0.29, 0.717) is 0 Å². The van der Waals surface area contributed by atoms with Crippen LogP contribution in [0.4, 0.5) is 0 Å². The van der Waals surface area contributed by atoms with Gasteiger partial charge < -0.3 is 10.1 Å². The number of aromatic amines is 1. The summed E-state index contributed by atoms with van der Waals surface area (Å²) in [5.41, 5.74) is 3.51. The lowest BCUT2D eigenvalue weighted by atomic mass is 10.0. The van der Waals surface area contributed by atoms with Gasteiger partial charge in [0.2, 0.25) is 0 Å². The maximum absolute atomic E-state index is 10.4. The predicted molar refractivity (Wildman–Crippen MR) is 71.3 cm³/mol. The molecule has 3 nitrogen and oxygen atoms in total. The summed E-state index contributed by atoms with van der Waals surface area (Å²) in [7, 11) is 0. The summed E-state index contributed by atoms with van der Waals surface area (Å²) in [5.74, 6) is 0.859. The lowest BCUT2D eigenvalue weighted by molar-refractivity contribution is 0.221. The van der Waals surface area contributed by atoms with Crippen molar-refractivity contribution < 1.29 is 5.11 Å². The van der Waals surface area contributed by atoms with E-state index in [1.807, 2.05) is 55.5 Å². The van der Waals surface area contributed by atoms with Crippen molar-refractivity contribution in [3.63, 3.8) is 0 Å². The Labute approximate surface area is 105 Å². The maximum atomic E-state index is 10.4. The molecule has 1 aromatic heterocycles. The summed E-state index contributed by atoms with van der Waals surface area (Å²) in [6.07, 6.45) is -0.641. The summed E-state index contributed by atoms with van der Waals surface area (Å²) in [5, 5.41) is 10.4. The van der Waals surface area contributed by atoms with Gasteiger partial charge in [-0.2, -0.15) is 0 Å². The molecule has 3 rings (SSSR count). The van der Waals surface area contributed by atoms with Crippen molar-refractivity contribution in [2.75, 3.05) is 0 Å². The second-order valence-corrected chi connectivity index (χ2v) is 4.38. The normalized spacial score (nSPS) is 12.8. The van der Waals surface area contributed by atoms with Gasteiger partial charge in [-0.25, -0.2) is 4.98 Å². The smallest absolute Gasteiger partial charge is 0.106 e. The van der Waals surface area contributed by atoms with E-state index in [0.717, 1.165) is 28.0 Å². The summed E-state index contributed by atoms with van der Waals surface area (Å²) >= 11 is 0. The molecule has 0 radical (unpaired) electrons. The highest BCUT2D eigenvalue weighted by molar-refractivity contribution is 5.79. The molecule has 0 saturated carbocycles. The largest absolute Gasteiger partial charge is 0.384 e. The molecule has 0 aliphatic carbocycles. The van der Waals surface area contributed by atoms with Gasteiger partial charge in [-0.1, -0.05) is 42.5 Å². The van der Waals surface area contributed by atoms with Gasteiger partial charge in [0.15, 0.2) is 0 Å². The van der Waals surface area contributed by atoms with Crippen LogP contribution in [0.5, 0.6) is 0 Å². The average Bonchev–Trinajstić information content (AvgIpc) is 2.79. The maximum Gasteiger partial charge on any atom is 0.106 e. The van der Waals surface area contributed by atoms with Crippen LogP contribution in [0.2, 0.25) is 0 Å².